The van der Waals surface area contributed by atoms with Crippen molar-refractivity contribution in [3.05, 3.63) is 75.8 Å². The van der Waals surface area contributed by atoms with Crippen molar-refractivity contribution in [3.63, 3.8) is 0 Å². The highest BCUT2D eigenvalue weighted by molar-refractivity contribution is 6.35. The van der Waals surface area contributed by atoms with E-state index in [0.717, 1.165) is 18.4 Å². The summed E-state index contributed by atoms with van der Waals surface area (Å²) in [7, 11) is 0. The normalized spacial score (nSPS) is 22.0. The van der Waals surface area contributed by atoms with Crippen molar-refractivity contribution in [2.75, 3.05) is 5.06 Å². The van der Waals surface area contributed by atoms with Crippen molar-refractivity contribution in [2.24, 2.45) is 0 Å². The molecule has 0 N–H and O–H groups in total. The molecule has 0 unspecified atom stereocenters. The molecule has 3 aromatic rings. The summed E-state index contributed by atoms with van der Waals surface area (Å²) in [5.41, 5.74) is 3.60. The third-order valence-electron chi connectivity index (χ3n) is 5.01. The van der Waals surface area contributed by atoms with Gasteiger partial charge in [0.2, 0.25) is 0 Å². The first-order chi connectivity index (χ1) is 11.7. The fourth-order valence-corrected chi connectivity index (χ4v) is 4.48. The third kappa shape index (κ3) is 2.14. The smallest absolute Gasteiger partial charge is 0.0921 e. The Bertz CT molecular complexity index is 956. The van der Waals surface area contributed by atoms with Crippen molar-refractivity contribution < 1.29 is 4.84 Å². The van der Waals surface area contributed by atoms with Crippen molar-refractivity contribution in [1.82, 2.24) is 0 Å². The number of nitrogens with zero attached hydrogens (tertiary/aromatic N) is 1. The molecular formula is C20H15Cl2NO. The van der Waals surface area contributed by atoms with Gasteiger partial charge in [-0.05, 0) is 28.6 Å². The van der Waals surface area contributed by atoms with Gasteiger partial charge in [0.15, 0.2) is 0 Å². The molecule has 0 radical (unpaired) electrons. The molecule has 1 fully saturated rings. The van der Waals surface area contributed by atoms with Gasteiger partial charge in [0.1, 0.15) is 0 Å². The first-order valence-electron chi connectivity index (χ1n) is 8.12. The monoisotopic (exact) mass is 355 g/mol. The van der Waals surface area contributed by atoms with Crippen LogP contribution in [0.5, 0.6) is 0 Å². The highest BCUT2D eigenvalue weighted by atomic mass is 35.5. The van der Waals surface area contributed by atoms with Crippen LogP contribution >= 0.6 is 23.2 Å². The zero-order valence-corrected chi connectivity index (χ0v) is 14.4. The van der Waals surface area contributed by atoms with E-state index in [2.05, 4.69) is 41.5 Å². The number of anilines is 1. The van der Waals surface area contributed by atoms with E-state index in [1.807, 2.05) is 18.2 Å². The Kier molecular flexibility index (Phi) is 3.27. The Morgan fingerprint density at radius 3 is 2.75 bits per heavy atom. The molecule has 0 spiro atoms. The summed E-state index contributed by atoms with van der Waals surface area (Å²) >= 11 is 12.5. The number of rotatable bonds is 1. The van der Waals surface area contributed by atoms with Crippen molar-refractivity contribution >= 4 is 39.7 Å². The van der Waals surface area contributed by atoms with E-state index in [1.165, 1.54) is 22.0 Å². The van der Waals surface area contributed by atoms with Crippen LogP contribution < -0.4 is 5.06 Å². The summed E-state index contributed by atoms with van der Waals surface area (Å²) in [5, 5.41) is 5.88. The molecule has 0 amide bonds. The number of hydrogen-bond donors (Lipinski definition) is 0. The average Bonchev–Trinajstić information content (AvgIpc) is 2.91. The molecule has 3 aromatic carbocycles. The quantitative estimate of drug-likeness (QED) is 0.534. The maximum Gasteiger partial charge on any atom is 0.0921 e. The van der Waals surface area contributed by atoms with E-state index in [0.29, 0.717) is 10.0 Å². The minimum atomic E-state index is 0.117. The summed E-state index contributed by atoms with van der Waals surface area (Å²) in [5.74, 6) is 0. The van der Waals surface area contributed by atoms with Gasteiger partial charge in [0.05, 0.1) is 17.8 Å². The fraction of sp³-hybridized carbons (Fsp3) is 0.200. The second kappa shape index (κ2) is 5.38. The van der Waals surface area contributed by atoms with E-state index in [-0.39, 0.29) is 12.1 Å². The van der Waals surface area contributed by atoms with Gasteiger partial charge in [-0.3, -0.25) is 4.84 Å². The van der Waals surface area contributed by atoms with Crippen LogP contribution in [-0.2, 0) is 11.3 Å². The minimum Gasteiger partial charge on any atom is -0.269 e. The standard InChI is InChI=1S/C20H15Cl2NO/c21-14-7-8-17(18(22)10-14)19-11-15-9-13-6-5-12-3-1-2-4-16(12)20(13)23(19)24-15/h1-8,10,15,19H,9,11H2/t15-,19-/m0/s1. The molecule has 120 valence electrons. The lowest BCUT2D eigenvalue weighted by Crippen LogP contribution is -2.27. The second-order valence-electron chi connectivity index (χ2n) is 6.47. The van der Waals surface area contributed by atoms with Crippen LogP contribution in [0.1, 0.15) is 23.6 Å². The van der Waals surface area contributed by atoms with Crippen LogP contribution in [-0.4, -0.2) is 6.10 Å². The SMILES string of the molecule is Clc1ccc([C@@H]2C[C@@H]3Cc4ccc5ccccc5c4N2O3)c(Cl)c1. The van der Waals surface area contributed by atoms with Crippen LogP contribution in [0.15, 0.2) is 54.6 Å². The van der Waals surface area contributed by atoms with Gasteiger partial charge in [-0.25, -0.2) is 5.06 Å². The zero-order valence-electron chi connectivity index (χ0n) is 12.9. The molecule has 0 saturated carbocycles. The van der Waals surface area contributed by atoms with Crippen LogP contribution in [0.3, 0.4) is 0 Å². The van der Waals surface area contributed by atoms with Gasteiger partial charge in [-0.1, -0.05) is 65.7 Å². The minimum absolute atomic E-state index is 0.117. The molecule has 4 heteroatoms. The lowest BCUT2D eigenvalue weighted by molar-refractivity contribution is 0.0741. The lowest BCUT2D eigenvalue weighted by Gasteiger charge is -2.31. The number of hydroxylamine groups is 1. The summed E-state index contributed by atoms with van der Waals surface area (Å²) in [6.07, 6.45) is 2.08. The molecule has 24 heavy (non-hydrogen) atoms. The van der Waals surface area contributed by atoms with E-state index in [1.54, 1.807) is 0 Å². The maximum atomic E-state index is 6.48. The summed E-state index contributed by atoms with van der Waals surface area (Å²) in [6.45, 7) is 0. The van der Waals surface area contributed by atoms with Gasteiger partial charge in [-0.15, -0.1) is 0 Å². The number of halogens is 2. The topological polar surface area (TPSA) is 12.5 Å². The molecule has 2 atom stereocenters. The molecule has 1 saturated heterocycles. The Labute approximate surface area is 150 Å². The van der Waals surface area contributed by atoms with Crippen LogP contribution in [0.4, 0.5) is 5.69 Å². The fourth-order valence-electron chi connectivity index (χ4n) is 3.95. The lowest BCUT2D eigenvalue weighted by atomic mass is 9.99. The van der Waals surface area contributed by atoms with E-state index in [9.17, 15) is 0 Å². The van der Waals surface area contributed by atoms with Gasteiger partial charge < -0.3 is 0 Å². The Morgan fingerprint density at radius 1 is 1.00 bits per heavy atom. The number of benzene rings is 3. The Hall–Kier alpha value is -1.74. The van der Waals surface area contributed by atoms with Gasteiger partial charge in [-0.2, -0.15) is 0 Å². The Morgan fingerprint density at radius 2 is 1.88 bits per heavy atom. The van der Waals surface area contributed by atoms with Gasteiger partial charge >= 0.3 is 0 Å². The van der Waals surface area contributed by atoms with Gasteiger partial charge in [0.25, 0.3) is 0 Å². The second-order valence-corrected chi connectivity index (χ2v) is 7.31. The maximum absolute atomic E-state index is 6.48. The summed E-state index contributed by atoms with van der Waals surface area (Å²) in [6, 6.07) is 18.7. The molecule has 0 aromatic heterocycles. The highest BCUT2D eigenvalue weighted by Crippen LogP contribution is 2.48. The Balaban J connectivity index is 1.69. The molecule has 2 aliphatic rings. The van der Waals surface area contributed by atoms with E-state index in [4.69, 9.17) is 28.0 Å². The van der Waals surface area contributed by atoms with Crippen LogP contribution in [0, 0.1) is 0 Å². The molecule has 2 bridgehead atoms. The number of hydrogen-bond acceptors (Lipinski definition) is 2. The summed E-state index contributed by atoms with van der Waals surface area (Å²) in [4.78, 5) is 6.23. The molecule has 5 rings (SSSR count). The van der Waals surface area contributed by atoms with Crippen LogP contribution in [0.25, 0.3) is 10.8 Å². The largest absolute Gasteiger partial charge is 0.269 e. The zero-order chi connectivity index (χ0) is 16.3. The van der Waals surface area contributed by atoms with Crippen molar-refractivity contribution in [2.45, 2.75) is 25.0 Å². The third-order valence-corrected chi connectivity index (χ3v) is 5.57. The van der Waals surface area contributed by atoms with Crippen molar-refractivity contribution in [3.8, 4) is 0 Å². The van der Waals surface area contributed by atoms with E-state index >= 15 is 0 Å². The van der Waals surface area contributed by atoms with Crippen LogP contribution in [0.2, 0.25) is 10.0 Å². The van der Waals surface area contributed by atoms with Crippen molar-refractivity contribution in [1.29, 1.82) is 0 Å². The molecule has 2 heterocycles. The average molecular weight is 356 g/mol. The predicted molar refractivity (Wildman–Crippen MR) is 98.8 cm³/mol. The first-order valence-corrected chi connectivity index (χ1v) is 8.88. The molecular weight excluding hydrogens is 341 g/mol. The highest BCUT2D eigenvalue weighted by Gasteiger charge is 2.41. The molecule has 0 aliphatic carbocycles. The number of fused-ring (bicyclic) bond motifs is 6. The van der Waals surface area contributed by atoms with E-state index < -0.39 is 0 Å². The van der Waals surface area contributed by atoms with Gasteiger partial charge in [0, 0.05) is 28.3 Å². The molecule has 2 nitrogen and oxygen atoms in total. The first kappa shape index (κ1) is 14.6. The predicted octanol–water partition coefficient (Wildman–Crippen LogP) is 5.95. The molecule has 2 aliphatic heterocycles. The summed E-state index contributed by atoms with van der Waals surface area (Å²) < 4.78 is 0.